The molecule has 2 aromatic carbocycles. The zero-order valence-electron chi connectivity index (χ0n) is 17.6. The average Bonchev–Trinajstić information content (AvgIpc) is 2.79. The lowest BCUT2D eigenvalue weighted by Gasteiger charge is -2.32. The Balaban J connectivity index is 1.47. The maximum atomic E-state index is 13.2. The van der Waals surface area contributed by atoms with Crippen LogP contribution in [-0.2, 0) is 9.84 Å². The average molecular weight is 433 g/mol. The fraction of sp³-hybridized carbons (Fsp3) is 0.292. The third-order valence-corrected chi connectivity index (χ3v) is 7.94. The second kappa shape index (κ2) is 8.48. The number of aryl methyl sites for hydroxylation is 2. The van der Waals surface area contributed by atoms with Crippen LogP contribution in [0, 0.1) is 25.2 Å². The van der Waals surface area contributed by atoms with Crippen LogP contribution in [0.2, 0.25) is 0 Å². The van der Waals surface area contributed by atoms with Gasteiger partial charge < -0.3 is 4.90 Å². The molecule has 0 atom stereocenters. The first kappa shape index (κ1) is 21.0. The maximum absolute atomic E-state index is 13.2. The molecule has 4 rings (SSSR count). The summed E-state index contributed by atoms with van der Waals surface area (Å²) in [6, 6.07) is 18.3. The lowest BCUT2D eigenvalue weighted by atomic mass is 10.0. The zero-order valence-corrected chi connectivity index (χ0v) is 18.4. The van der Waals surface area contributed by atoms with Crippen molar-refractivity contribution in [2.75, 3.05) is 18.0 Å². The van der Waals surface area contributed by atoms with E-state index in [4.69, 9.17) is 5.26 Å². The molecule has 0 unspecified atom stereocenters. The zero-order chi connectivity index (χ0) is 22.0. The second-order valence-corrected chi connectivity index (χ2v) is 10.1. The molecule has 1 fully saturated rings. The summed E-state index contributed by atoms with van der Waals surface area (Å²) in [4.78, 5) is 11.4. The molecule has 6 nitrogen and oxygen atoms in total. The normalized spacial score (nSPS) is 14.9. The van der Waals surface area contributed by atoms with Gasteiger partial charge >= 0.3 is 0 Å². The molecule has 0 amide bonds. The summed E-state index contributed by atoms with van der Waals surface area (Å²) in [5, 5.41) is 8.52. The van der Waals surface area contributed by atoms with Crippen LogP contribution in [0.15, 0.2) is 59.5 Å². The number of rotatable bonds is 4. The van der Waals surface area contributed by atoms with Gasteiger partial charge in [-0.3, -0.25) is 0 Å². The van der Waals surface area contributed by atoms with Crippen LogP contribution in [0.5, 0.6) is 0 Å². The molecule has 0 bridgehead atoms. The van der Waals surface area contributed by atoms with E-state index in [1.54, 1.807) is 24.3 Å². The number of anilines is 1. The monoisotopic (exact) mass is 432 g/mol. The molecule has 1 saturated heterocycles. The fourth-order valence-electron chi connectivity index (χ4n) is 3.98. The Bertz CT molecular complexity index is 1200. The molecule has 0 saturated carbocycles. The first-order valence-electron chi connectivity index (χ1n) is 10.3. The van der Waals surface area contributed by atoms with Crippen molar-refractivity contribution in [1.82, 2.24) is 9.97 Å². The largest absolute Gasteiger partial charge is 0.341 e. The Morgan fingerprint density at radius 3 is 1.94 bits per heavy atom. The van der Waals surface area contributed by atoms with E-state index in [-0.39, 0.29) is 0 Å². The topological polar surface area (TPSA) is 87.0 Å². The number of benzene rings is 2. The molecule has 1 aliphatic rings. The van der Waals surface area contributed by atoms with Crippen molar-refractivity contribution in [3.8, 4) is 17.2 Å². The number of sulfone groups is 1. The highest BCUT2D eigenvalue weighted by Gasteiger charge is 2.32. The number of hydrogen-bond acceptors (Lipinski definition) is 6. The van der Waals surface area contributed by atoms with E-state index >= 15 is 0 Å². The van der Waals surface area contributed by atoms with Crippen molar-refractivity contribution in [1.29, 1.82) is 5.26 Å². The van der Waals surface area contributed by atoms with Crippen molar-refractivity contribution in [3.63, 3.8) is 0 Å². The standard InChI is InChI=1S/C24H24N4O2S/c1-17-15-18(2)27-24(26-17)28-13-11-23(12-14-28)31(29,30)22-9-7-21(8-10-22)20-5-3-19(16-25)4-6-20/h3-10,15,23H,11-14H2,1-2H3. The maximum Gasteiger partial charge on any atom is 0.225 e. The first-order chi connectivity index (χ1) is 14.9. The fourth-order valence-corrected chi connectivity index (χ4v) is 5.71. The molecule has 1 aliphatic heterocycles. The van der Waals surface area contributed by atoms with Gasteiger partial charge in [-0.05, 0) is 68.1 Å². The van der Waals surface area contributed by atoms with Gasteiger partial charge in [-0.1, -0.05) is 24.3 Å². The Hall–Kier alpha value is -3.24. The molecular formula is C24H24N4O2S. The van der Waals surface area contributed by atoms with Crippen LogP contribution in [0.1, 0.15) is 29.8 Å². The van der Waals surface area contributed by atoms with Gasteiger partial charge in [0.25, 0.3) is 0 Å². The molecule has 7 heteroatoms. The van der Waals surface area contributed by atoms with E-state index in [2.05, 4.69) is 20.9 Å². The second-order valence-electron chi connectivity index (χ2n) is 7.90. The summed E-state index contributed by atoms with van der Waals surface area (Å²) in [6.45, 7) is 5.13. The van der Waals surface area contributed by atoms with Gasteiger partial charge in [0.15, 0.2) is 9.84 Å². The quantitative estimate of drug-likeness (QED) is 0.617. The van der Waals surface area contributed by atoms with Crippen molar-refractivity contribution in [2.24, 2.45) is 0 Å². The predicted octanol–water partition coefficient (Wildman–Crippen LogP) is 4.07. The molecular weight excluding hydrogens is 408 g/mol. The Kier molecular flexibility index (Phi) is 5.75. The van der Waals surface area contributed by atoms with Crippen LogP contribution in [0.3, 0.4) is 0 Å². The van der Waals surface area contributed by atoms with Gasteiger partial charge in [0.1, 0.15) is 0 Å². The summed E-state index contributed by atoms with van der Waals surface area (Å²) in [7, 11) is -3.40. The first-order valence-corrected chi connectivity index (χ1v) is 11.8. The van der Waals surface area contributed by atoms with E-state index in [1.165, 1.54) is 0 Å². The molecule has 31 heavy (non-hydrogen) atoms. The minimum absolute atomic E-state index is 0.353. The van der Waals surface area contributed by atoms with Crippen molar-refractivity contribution >= 4 is 15.8 Å². The van der Waals surface area contributed by atoms with E-state index in [0.717, 1.165) is 22.5 Å². The van der Waals surface area contributed by atoms with Crippen LogP contribution in [-0.4, -0.2) is 36.7 Å². The third kappa shape index (κ3) is 4.44. The Morgan fingerprint density at radius 2 is 1.42 bits per heavy atom. The molecule has 0 radical (unpaired) electrons. The molecule has 1 aromatic heterocycles. The minimum Gasteiger partial charge on any atom is -0.341 e. The Labute approximate surface area is 183 Å². The molecule has 0 aliphatic carbocycles. The number of piperidine rings is 1. The van der Waals surface area contributed by atoms with Gasteiger partial charge in [0.05, 0.1) is 21.8 Å². The summed E-state index contributed by atoms with van der Waals surface area (Å²) in [5.41, 5.74) is 4.30. The number of hydrogen-bond donors (Lipinski definition) is 0. The van der Waals surface area contributed by atoms with Gasteiger partial charge in [0, 0.05) is 24.5 Å². The summed E-state index contributed by atoms with van der Waals surface area (Å²) >= 11 is 0. The van der Waals surface area contributed by atoms with E-state index in [1.807, 2.05) is 44.2 Å². The summed E-state index contributed by atoms with van der Waals surface area (Å²) in [5.74, 6) is 0.681. The minimum atomic E-state index is -3.40. The highest BCUT2D eigenvalue weighted by atomic mass is 32.2. The van der Waals surface area contributed by atoms with Gasteiger partial charge in [-0.2, -0.15) is 5.26 Å². The van der Waals surface area contributed by atoms with Crippen molar-refractivity contribution in [2.45, 2.75) is 36.8 Å². The SMILES string of the molecule is Cc1cc(C)nc(N2CCC(S(=O)(=O)c3ccc(-c4ccc(C#N)cc4)cc3)CC2)n1. The smallest absolute Gasteiger partial charge is 0.225 e. The highest BCUT2D eigenvalue weighted by Crippen LogP contribution is 2.28. The summed E-state index contributed by atoms with van der Waals surface area (Å²) in [6.07, 6.45) is 1.10. The molecule has 3 aromatic rings. The van der Waals surface area contributed by atoms with Crippen LogP contribution in [0.4, 0.5) is 5.95 Å². The van der Waals surface area contributed by atoms with E-state index < -0.39 is 15.1 Å². The summed E-state index contributed by atoms with van der Waals surface area (Å²) < 4.78 is 26.4. The van der Waals surface area contributed by atoms with Gasteiger partial charge in [-0.15, -0.1) is 0 Å². The number of nitriles is 1. The molecule has 2 heterocycles. The number of nitrogens with zero attached hydrogens (tertiary/aromatic N) is 4. The number of aromatic nitrogens is 2. The van der Waals surface area contributed by atoms with E-state index in [9.17, 15) is 8.42 Å². The molecule has 158 valence electrons. The van der Waals surface area contributed by atoms with E-state index in [0.29, 0.717) is 42.3 Å². The van der Waals surface area contributed by atoms with Gasteiger partial charge in [-0.25, -0.2) is 18.4 Å². The lowest BCUT2D eigenvalue weighted by molar-refractivity contribution is 0.525. The highest BCUT2D eigenvalue weighted by molar-refractivity contribution is 7.92. The third-order valence-electron chi connectivity index (χ3n) is 5.66. The lowest BCUT2D eigenvalue weighted by Crippen LogP contribution is -2.40. The van der Waals surface area contributed by atoms with Crippen LogP contribution in [0.25, 0.3) is 11.1 Å². The Morgan fingerprint density at radius 1 is 0.903 bits per heavy atom. The van der Waals surface area contributed by atoms with Crippen LogP contribution >= 0.6 is 0 Å². The molecule has 0 N–H and O–H groups in total. The van der Waals surface area contributed by atoms with Gasteiger partial charge in [0.2, 0.25) is 5.95 Å². The van der Waals surface area contributed by atoms with Crippen molar-refractivity contribution < 1.29 is 8.42 Å². The molecule has 0 spiro atoms. The predicted molar refractivity (Wildman–Crippen MR) is 121 cm³/mol. The van der Waals surface area contributed by atoms with Crippen molar-refractivity contribution in [3.05, 3.63) is 71.5 Å². The van der Waals surface area contributed by atoms with Crippen LogP contribution < -0.4 is 4.90 Å².